The fourth-order valence-electron chi connectivity index (χ4n) is 3.08. The number of carbonyl (C=O) groups excluding carboxylic acids is 3. The van der Waals surface area contributed by atoms with E-state index in [0.29, 0.717) is 11.1 Å². The second-order valence-corrected chi connectivity index (χ2v) is 4.88. The lowest BCUT2D eigenvalue weighted by Gasteiger charge is -2.33. The minimum atomic E-state index is -1.58. The van der Waals surface area contributed by atoms with E-state index in [1.54, 1.807) is 0 Å². The second kappa shape index (κ2) is 4.56. The molecule has 6 nitrogen and oxygen atoms in total. The Morgan fingerprint density at radius 1 is 1.15 bits per heavy atom. The van der Waals surface area contributed by atoms with E-state index in [1.807, 2.05) is 0 Å². The number of esters is 2. The Bertz CT molecular complexity index is 534. The Morgan fingerprint density at radius 3 is 2.15 bits per heavy atom. The average Bonchev–Trinajstić information content (AvgIpc) is 2.91. The van der Waals surface area contributed by atoms with Gasteiger partial charge in [-0.05, 0) is 18.1 Å². The normalized spacial score (nSPS) is 35.0. The number of Topliss-reactive ketones (excluding diaryl/α,β-unsaturated/α-hetero) is 1. The van der Waals surface area contributed by atoms with E-state index in [4.69, 9.17) is 14.2 Å². The monoisotopic (exact) mass is 280 g/mol. The molecule has 2 rings (SSSR count). The van der Waals surface area contributed by atoms with Crippen LogP contribution in [0.4, 0.5) is 0 Å². The third-order valence-corrected chi connectivity index (χ3v) is 4.07. The molecule has 2 saturated heterocycles. The highest BCUT2D eigenvalue weighted by atomic mass is 16.6. The molecule has 2 heterocycles. The molecule has 0 spiro atoms. The fraction of sp³-hybridized carbons (Fsp3) is 0.500. The third-order valence-electron chi connectivity index (χ3n) is 4.07. The van der Waals surface area contributed by atoms with Gasteiger partial charge in [0, 0.05) is 0 Å². The molecule has 0 unspecified atom stereocenters. The molecule has 0 aromatic rings. The zero-order valence-corrected chi connectivity index (χ0v) is 11.6. The number of fused-ring (bicyclic) bond motifs is 2. The first kappa shape index (κ1) is 14.5. The van der Waals surface area contributed by atoms with Crippen molar-refractivity contribution in [1.29, 1.82) is 0 Å². The SMILES string of the molecule is C=C1C(=C)[C@]2(C(C)=O)O[C@H]1[C@H](C(=O)OC)[C@H]2C(=O)OC. The fourth-order valence-corrected chi connectivity index (χ4v) is 3.08. The number of rotatable bonds is 3. The van der Waals surface area contributed by atoms with Crippen LogP contribution in [0.3, 0.4) is 0 Å². The molecular formula is C14H16O6. The highest BCUT2D eigenvalue weighted by Gasteiger charge is 2.70. The molecule has 6 heteroatoms. The van der Waals surface area contributed by atoms with Gasteiger partial charge in [-0.15, -0.1) is 0 Å². The lowest BCUT2D eigenvalue weighted by Crippen LogP contribution is -2.51. The Kier molecular flexibility index (Phi) is 3.29. The summed E-state index contributed by atoms with van der Waals surface area (Å²) in [5, 5.41) is 0. The van der Waals surface area contributed by atoms with Gasteiger partial charge in [0.2, 0.25) is 0 Å². The van der Waals surface area contributed by atoms with Crippen LogP contribution < -0.4 is 0 Å². The predicted molar refractivity (Wildman–Crippen MR) is 67.6 cm³/mol. The van der Waals surface area contributed by atoms with Crippen molar-refractivity contribution in [2.45, 2.75) is 18.6 Å². The van der Waals surface area contributed by atoms with Gasteiger partial charge in [-0.1, -0.05) is 13.2 Å². The smallest absolute Gasteiger partial charge is 0.313 e. The maximum Gasteiger partial charge on any atom is 0.313 e. The summed E-state index contributed by atoms with van der Waals surface area (Å²) in [4.78, 5) is 36.1. The number of ketones is 1. The van der Waals surface area contributed by atoms with E-state index in [1.165, 1.54) is 21.1 Å². The second-order valence-electron chi connectivity index (χ2n) is 4.88. The number of ether oxygens (including phenoxy) is 3. The molecule has 2 aliphatic heterocycles. The van der Waals surface area contributed by atoms with Crippen molar-refractivity contribution in [3.8, 4) is 0 Å². The molecule has 0 N–H and O–H groups in total. The van der Waals surface area contributed by atoms with Crippen molar-refractivity contribution in [1.82, 2.24) is 0 Å². The largest absolute Gasteiger partial charge is 0.469 e. The number of hydrogen-bond acceptors (Lipinski definition) is 6. The summed E-state index contributed by atoms with van der Waals surface area (Å²) in [5.41, 5.74) is -0.811. The van der Waals surface area contributed by atoms with Crippen LogP contribution in [0, 0.1) is 11.8 Å². The van der Waals surface area contributed by atoms with Gasteiger partial charge in [0.25, 0.3) is 0 Å². The molecule has 0 aromatic heterocycles. The first-order chi connectivity index (χ1) is 9.32. The summed E-state index contributed by atoms with van der Waals surface area (Å²) < 4.78 is 15.1. The first-order valence-electron chi connectivity index (χ1n) is 6.06. The molecule has 4 atom stereocenters. The molecule has 0 aromatic carbocycles. The van der Waals surface area contributed by atoms with Crippen molar-refractivity contribution in [3.05, 3.63) is 24.3 Å². The Balaban J connectivity index is 2.61. The standard InChI is InChI=1S/C14H16O6/c1-6-7(2)14(8(3)15)10(13(17)19-5)9(11(6)20-14)12(16)18-4/h9-11H,1-2H2,3-5H3/t9-,10+,11-,14-/m1/s1. The summed E-state index contributed by atoms with van der Waals surface area (Å²) in [6, 6.07) is 0. The minimum absolute atomic E-state index is 0.325. The highest BCUT2D eigenvalue weighted by molar-refractivity contribution is 6.00. The Morgan fingerprint density at radius 2 is 1.70 bits per heavy atom. The van der Waals surface area contributed by atoms with Crippen LogP contribution in [-0.4, -0.2) is 43.6 Å². The summed E-state index contributed by atoms with van der Waals surface area (Å²) in [5.74, 6) is -3.79. The van der Waals surface area contributed by atoms with E-state index in [0.717, 1.165) is 0 Å². The molecule has 108 valence electrons. The zero-order chi connectivity index (χ0) is 15.2. The summed E-state index contributed by atoms with van der Waals surface area (Å²) in [6.45, 7) is 8.88. The summed E-state index contributed by atoms with van der Waals surface area (Å²) in [6.07, 6.45) is -0.789. The molecule has 2 bridgehead atoms. The molecule has 0 saturated carbocycles. The highest BCUT2D eigenvalue weighted by Crippen LogP contribution is 2.56. The molecule has 0 aliphatic carbocycles. The van der Waals surface area contributed by atoms with Gasteiger partial charge >= 0.3 is 11.9 Å². The van der Waals surface area contributed by atoms with Crippen molar-refractivity contribution in [2.24, 2.45) is 11.8 Å². The van der Waals surface area contributed by atoms with E-state index in [2.05, 4.69) is 13.2 Å². The van der Waals surface area contributed by atoms with E-state index >= 15 is 0 Å². The molecule has 2 aliphatic rings. The lowest BCUT2D eigenvalue weighted by atomic mass is 9.66. The maximum atomic E-state index is 12.1. The van der Waals surface area contributed by atoms with Gasteiger partial charge in [0.1, 0.15) is 11.8 Å². The van der Waals surface area contributed by atoms with Crippen molar-refractivity contribution in [2.75, 3.05) is 14.2 Å². The Hall–Kier alpha value is -1.95. The Labute approximate surface area is 116 Å². The van der Waals surface area contributed by atoms with Gasteiger partial charge in [0.15, 0.2) is 11.4 Å². The van der Waals surface area contributed by atoms with Gasteiger partial charge in [0.05, 0.1) is 20.3 Å². The molecular weight excluding hydrogens is 264 g/mol. The van der Waals surface area contributed by atoms with E-state index in [-0.39, 0.29) is 0 Å². The lowest BCUT2D eigenvalue weighted by molar-refractivity contribution is -0.160. The van der Waals surface area contributed by atoms with Crippen LogP contribution >= 0.6 is 0 Å². The average molecular weight is 280 g/mol. The van der Waals surface area contributed by atoms with Crippen LogP contribution in [0.1, 0.15) is 6.92 Å². The third kappa shape index (κ3) is 1.51. The zero-order valence-electron chi connectivity index (χ0n) is 11.6. The predicted octanol–water partition coefficient (Wildman–Crippen LogP) is 0.417. The molecule has 0 radical (unpaired) electrons. The first-order valence-corrected chi connectivity index (χ1v) is 6.06. The molecule has 20 heavy (non-hydrogen) atoms. The van der Waals surface area contributed by atoms with Crippen molar-refractivity contribution in [3.63, 3.8) is 0 Å². The molecule has 0 amide bonds. The molecule has 2 fully saturated rings. The van der Waals surface area contributed by atoms with Gasteiger partial charge in [-0.3, -0.25) is 14.4 Å². The van der Waals surface area contributed by atoms with Crippen LogP contribution in [0.2, 0.25) is 0 Å². The van der Waals surface area contributed by atoms with Crippen LogP contribution in [-0.2, 0) is 28.6 Å². The minimum Gasteiger partial charge on any atom is -0.469 e. The van der Waals surface area contributed by atoms with Crippen LogP contribution in [0.25, 0.3) is 0 Å². The number of methoxy groups -OCH3 is 2. The van der Waals surface area contributed by atoms with Gasteiger partial charge in [-0.25, -0.2) is 0 Å². The van der Waals surface area contributed by atoms with Gasteiger partial charge < -0.3 is 14.2 Å². The van der Waals surface area contributed by atoms with Gasteiger partial charge in [-0.2, -0.15) is 0 Å². The van der Waals surface area contributed by atoms with Crippen LogP contribution in [0.5, 0.6) is 0 Å². The maximum absolute atomic E-state index is 12.1. The van der Waals surface area contributed by atoms with E-state index in [9.17, 15) is 14.4 Å². The quantitative estimate of drug-likeness (QED) is 0.697. The summed E-state index contributed by atoms with van der Waals surface area (Å²) >= 11 is 0. The van der Waals surface area contributed by atoms with Crippen LogP contribution in [0.15, 0.2) is 24.3 Å². The summed E-state index contributed by atoms with van der Waals surface area (Å²) in [7, 11) is 2.40. The number of carbonyl (C=O) groups is 3. The van der Waals surface area contributed by atoms with E-state index < -0.39 is 41.3 Å². The van der Waals surface area contributed by atoms with Crippen molar-refractivity contribution < 1.29 is 28.6 Å². The topological polar surface area (TPSA) is 78.9 Å². The number of hydrogen-bond donors (Lipinski definition) is 0. The van der Waals surface area contributed by atoms with Crippen molar-refractivity contribution >= 4 is 17.7 Å².